The molecule has 0 aliphatic rings. The molecule has 0 fully saturated rings. The lowest BCUT2D eigenvalue weighted by atomic mass is 10.1. The van der Waals surface area contributed by atoms with Crippen LogP contribution in [0.2, 0.25) is 5.02 Å². The fourth-order valence-electron chi connectivity index (χ4n) is 1.80. The fourth-order valence-corrected chi connectivity index (χ4v) is 2.02. The Morgan fingerprint density at radius 2 is 2.14 bits per heavy atom. The molecule has 1 aromatic carbocycles. The van der Waals surface area contributed by atoms with Gasteiger partial charge in [0.25, 0.3) is 11.6 Å². The van der Waals surface area contributed by atoms with E-state index in [2.05, 4.69) is 10.4 Å². The van der Waals surface area contributed by atoms with Gasteiger partial charge in [-0.3, -0.25) is 19.6 Å². The molecular weight excluding hydrogens is 298 g/mol. The molecule has 2 aromatic rings. The van der Waals surface area contributed by atoms with Crippen molar-refractivity contribution in [3.8, 4) is 0 Å². The zero-order valence-corrected chi connectivity index (χ0v) is 12.0. The maximum absolute atomic E-state index is 12.1. The van der Waals surface area contributed by atoms with E-state index in [1.165, 1.54) is 10.7 Å². The van der Waals surface area contributed by atoms with Crippen molar-refractivity contribution in [2.45, 2.75) is 6.92 Å². The van der Waals surface area contributed by atoms with Crippen molar-refractivity contribution in [3.05, 3.63) is 44.6 Å². The number of hydrogen-bond donors (Lipinski definition) is 2. The summed E-state index contributed by atoms with van der Waals surface area (Å²) in [5.74, 6) is -0.0731. The number of aryl methyl sites for hydroxylation is 2. The molecule has 0 atom stereocenters. The van der Waals surface area contributed by atoms with Crippen LogP contribution in [-0.2, 0) is 7.05 Å². The van der Waals surface area contributed by atoms with Gasteiger partial charge < -0.3 is 11.1 Å². The van der Waals surface area contributed by atoms with E-state index < -0.39 is 16.5 Å². The number of carbonyl (C=O) groups is 1. The molecule has 0 saturated heterocycles. The summed E-state index contributed by atoms with van der Waals surface area (Å²) in [7, 11) is 1.67. The van der Waals surface area contributed by atoms with Gasteiger partial charge in [0.05, 0.1) is 15.6 Å². The first-order valence-corrected chi connectivity index (χ1v) is 6.22. The predicted octanol–water partition coefficient (Wildman–Crippen LogP) is 2.12. The Morgan fingerprint density at radius 3 is 2.67 bits per heavy atom. The minimum atomic E-state index is -0.688. The van der Waals surface area contributed by atoms with E-state index in [0.717, 1.165) is 11.8 Å². The number of benzene rings is 1. The average molecular weight is 310 g/mol. The maximum Gasteiger partial charge on any atom is 0.294 e. The van der Waals surface area contributed by atoms with E-state index in [9.17, 15) is 14.9 Å². The molecule has 0 spiro atoms. The zero-order chi connectivity index (χ0) is 15.7. The van der Waals surface area contributed by atoms with E-state index in [1.807, 2.05) is 0 Å². The number of halogens is 1. The number of nitro benzene ring substituents is 1. The Balaban J connectivity index is 2.36. The SMILES string of the molecule is Cc1cc(NC(=O)c2cc(Cl)c(N)c([N+](=O)[O-])c2)n(C)n1. The number of nitrogens with zero attached hydrogens (tertiary/aromatic N) is 3. The van der Waals surface area contributed by atoms with Gasteiger partial charge in [0.15, 0.2) is 0 Å². The van der Waals surface area contributed by atoms with Gasteiger partial charge in [-0.1, -0.05) is 11.6 Å². The van der Waals surface area contributed by atoms with Crippen LogP contribution in [0.15, 0.2) is 18.2 Å². The van der Waals surface area contributed by atoms with Crippen LogP contribution < -0.4 is 11.1 Å². The first-order chi connectivity index (χ1) is 9.79. The summed E-state index contributed by atoms with van der Waals surface area (Å²) in [5.41, 5.74) is 5.71. The van der Waals surface area contributed by atoms with Crippen LogP contribution in [0.3, 0.4) is 0 Å². The molecule has 0 aliphatic carbocycles. The van der Waals surface area contributed by atoms with Crippen molar-refractivity contribution in [2.75, 3.05) is 11.1 Å². The number of nitrogens with one attached hydrogen (secondary N) is 1. The summed E-state index contributed by atoms with van der Waals surface area (Å²) >= 11 is 5.82. The lowest BCUT2D eigenvalue weighted by molar-refractivity contribution is -0.383. The molecule has 2 rings (SSSR count). The molecule has 0 aliphatic heterocycles. The molecule has 1 amide bonds. The van der Waals surface area contributed by atoms with Crippen molar-refractivity contribution in [3.63, 3.8) is 0 Å². The highest BCUT2D eigenvalue weighted by Crippen LogP contribution is 2.31. The average Bonchev–Trinajstić information content (AvgIpc) is 2.70. The van der Waals surface area contributed by atoms with Gasteiger partial charge in [-0.05, 0) is 13.0 Å². The molecule has 8 nitrogen and oxygen atoms in total. The van der Waals surface area contributed by atoms with Crippen LogP contribution in [0.4, 0.5) is 17.2 Å². The molecule has 0 bridgehead atoms. The van der Waals surface area contributed by atoms with Crippen molar-refractivity contribution in [1.29, 1.82) is 0 Å². The second-order valence-electron chi connectivity index (χ2n) is 4.40. The quantitative estimate of drug-likeness (QED) is 0.512. The van der Waals surface area contributed by atoms with Crippen molar-refractivity contribution < 1.29 is 9.72 Å². The predicted molar refractivity (Wildman–Crippen MR) is 78.4 cm³/mol. The van der Waals surface area contributed by atoms with Gasteiger partial charge >= 0.3 is 0 Å². The Morgan fingerprint density at radius 1 is 1.48 bits per heavy atom. The summed E-state index contributed by atoms with van der Waals surface area (Å²) in [6, 6.07) is 4.04. The highest BCUT2D eigenvalue weighted by Gasteiger charge is 2.20. The van der Waals surface area contributed by atoms with Gasteiger partial charge in [-0.25, -0.2) is 0 Å². The van der Waals surface area contributed by atoms with E-state index in [0.29, 0.717) is 5.82 Å². The molecule has 3 N–H and O–H groups in total. The normalized spacial score (nSPS) is 10.4. The van der Waals surface area contributed by atoms with Crippen LogP contribution in [0.5, 0.6) is 0 Å². The number of rotatable bonds is 3. The van der Waals surface area contributed by atoms with Gasteiger partial charge in [-0.15, -0.1) is 0 Å². The zero-order valence-electron chi connectivity index (χ0n) is 11.3. The van der Waals surface area contributed by atoms with E-state index in [1.54, 1.807) is 20.0 Å². The summed E-state index contributed by atoms with van der Waals surface area (Å²) in [6.45, 7) is 1.78. The van der Waals surface area contributed by atoms with E-state index >= 15 is 0 Å². The Kier molecular flexibility index (Phi) is 3.81. The Hall–Kier alpha value is -2.61. The fraction of sp³-hybridized carbons (Fsp3) is 0.167. The number of nitrogens with two attached hydrogens (primary N) is 1. The molecule has 0 unspecified atom stereocenters. The third-order valence-corrected chi connectivity index (χ3v) is 3.12. The maximum atomic E-state index is 12.1. The monoisotopic (exact) mass is 309 g/mol. The molecule has 9 heteroatoms. The van der Waals surface area contributed by atoms with Crippen LogP contribution >= 0.6 is 11.6 Å². The standard InChI is InChI=1S/C12H12ClN5O3/c1-6-3-10(17(2)16-6)15-12(19)7-4-8(13)11(14)9(5-7)18(20)21/h3-5H,14H2,1-2H3,(H,15,19). The molecule has 0 radical (unpaired) electrons. The first kappa shape index (κ1) is 14.8. The number of nitrogen functional groups attached to an aromatic ring is 1. The molecule has 110 valence electrons. The van der Waals surface area contributed by atoms with Crippen molar-refractivity contribution >= 4 is 34.7 Å². The molecule has 1 heterocycles. The minimum absolute atomic E-state index is 0.0414. The Bertz CT molecular complexity index is 741. The number of hydrogen-bond acceptors (Lipinski definition) is 5. The number of nitro groups is 1. The van der Waals surface area contributed by atoms with Gasteiger partial charge in [0.2, 0.25) is 0 Å². The molecule has 0 saturated carbocycles. The largest absolute Gasteiger partial charge is 0.392 e. The lowest BCUT2D eigenvalue weighted by Gasteiger charge is -2.07. The van der Waals surface area contributed by atoms with E-state index in [-0.39, 0.29) is 16.3 Å². The van der Waals surface area contributed by atoms with Crippen LogP contribution in [0.1, 0.15) is 16.1 Å². The van der Waals surface area contributed by atoms with Crippen molar-refractivity contribution in [1.82, 2.24) is 9.78 Å². The van der Waals surface area contributed by atoms with Crippen LogP contribution in [-0.4, -0.2) is 20.6 Å². The topological polar surface area (TPSA) is 116 Å². The molecule has 21 heavy (non-hydrogen) atoms. The minimum Gasteiger partial charge on any atom is -0.392 e. The second kappa shape index (κ2) is 5.41. The number of anilines is 2. The van der Waals surface area contributed by atoms with Gasteiger partial charge in [0.1, 0.15) is 11.5 Å². The summed E-state index contributed by atoms with van der Waals surface area (Å²) in [5, 5.41) is 17.5. The van der Waals surface area contributed by atoms with E-state index in [4.69, 9.17) is 17.3 Å². The lowest BCUT2D eigenvalue weighted by Crippen LogP contribution is -2.15. The number of carbonyl (C=O) groups excluding carboxylic acids is 1. The van der Waals surface area contributed by atoms with Crippen LogP contribution in [0.25, 0.3) is 0 Å². The Labute approximate surface area is 124 Å². The third kappa shape index (κ3) is 2.95. The highest BCUT2D eigenvalue weighted by molar-refractivity contribution is 6.34. The summed E-state index contributed by atoms with van der Waals surface area (Å²) in [4.78, 5) is 22.3. The number of amides is 1. The molecule has 1 aromatic heterocycles. The van der Waals surface area contributed by atoms with Gasteiger partial charge in [-0.2, -0.15) is 5.10 Å². The van der Waals surface area contributed by atoms with Gasteiger partial charge in [0, 0.05) is 24.7 Å². The second-order valence-corrected chi connectivity index (χ2v) is 4.80. The first-order valence-electron chi connectivity index (χ1n) is 5.85. The number of aromatic nitrogens is 2. The summed E-state index contributed by atoms with van der Waals surface area (Å²) < 4.78 is 1.49. The smallest absolute Gasteiger partial charge is 0.294 e. The summed E-state index contributed by atoms with van der Waals surface area (Å²) in [6.07, 6.45) is 0. The highest BCUT2D eigenvalue weighted by atomic mass is 35.5. The van der Waals surface area contributed by atoms with Crippen molar-refractivity contribution in [2.24, 2.45) is 7.05 Å². The molecular formula is C12H12ClN5O3. The third-order valence-electron chi connectivity index (χ3n) is 2.81. The van der Waals surface area contributed by atoms with Crippen LogP contribution in [0, 0.1) is 17.0 Å².